The molecule has 0 unspecified atom stereocenters. The van der Waals surface area contributed by atoms with Gasteiger partial charge in [-0.2, -0.15) is 0 Å². The summed E-state index contributed by atoms with van der Waals surface area (Å²) in [7, 11) is 4.03. The molecule has 0 radical (unpaired) electrons. The Bertz CT molecular complexity index is 1450. The van der Waals surface area contributed by atoms with E-state index in [9.17, 15) is 14.4 Å². The van der Waals surface area contributed by atoms with Crippen LogP contribution in [0.2, 0.25) is 5.02 Å². The average Bonchev–Trinajstić information content (AvgIpc) is 3.59. The van der Waals surface area contributed by atoms with Crippen LogP contribution in [-0.2, 0) is 9.59 Å². The van der Waals surface area contributed by atoms with Crippen molar-refractivity contribution < 1.29 is 9.59 Å². The molecule has 2 amide bonds. The van der Waals surface area contributed by atoms with Crippen molar-refractivity contribution in [3.8, 4) is 0 Å². The summed E-state index contributed by atoms with van der Waals surface area (Å²) >= 11 is 9.06. The maximum atomic E-state index is 13.8. The average molecular weight is 538 g/mol. The largest absolute Gasteiger partial charge is 0.378 e. The molecular weight excluding hydrogens is 514 g/mol. The van der Waals surface area contributed by atoms with E-state index in [1.54, 1.807) is 36.0 Å². The van der Waals surface area contributed by atoms with Crippen molar-refractivity contribution >= 4 is 57.9 Å². The molecule has 3 fully saturated rings. The van der Waals surface area contributed by atoms with Crippen molar-refractivity contribution in [2.24, 2.45) is 29.6 Å². The van der Waals surface area contributed by atoms with Crippen LogP contribution in [0, 0.1) is 29.6 Å². The summed E-state index contributed by atoms with van der Waals surface area (Å²) in [5.74, 6) is -0.314. The highest BCUT2D eigenvalue weighted by Gasteiger charge is 2.69. The van der Waals surface area contributed by atoms with Crippen molar-refractivity contribution in [2.45, 2.75) is 22.6 Å². The maximum Gasteiger partial charge on any atom is 0.305 e. The Balaban J connectivity index is 1.31. The molecule has 2 saturated carbocycles. The quantitative estimate of drug-likeness (QED) is 0.484. The van der Waals surface area contributed by atoms with Gasteiger partial charge in [-0.25, -0.2) is 0 Å². The molecule has 2 aliphatic heterocycles. The molecule has 2 aromatic carbocycles. The van der Waals surface area contributed by atoms with Gasteiger partial charge in [0.2, 0.25) is 11.8 Å². The minimum absolute atomic E-state index is 0.0369. The van der Waals surface area contributed by atoms with Gasteiger partial charge >= 0.3 is 4.87 Å². The number of aromatic amines is 1. The topological polar surface area (TPSA) is 73.5 Å². The number of aromatic nitrogens is 1. The highest BCUT2D eigenvalue weighted by atomic mass is 35.5. The van der Waals surface area contributed by atoms with Gasteiger partial charge in [-0.3, -0.25) is 19.3 Å². The summed E-state index contributed by atoms with van der Waals surface area (Å²) in [6.45, 7) is 0. The molecule has 7 atom stereocenters. The van der Waals surface area contributed by atoms with Crippen LogP contribution in [0.25, 0.3) is 0 Å². The number of imide groups is 1. The second-order valence-electron chi connectivity index (χ2n) is 10.4. The zero-order valence-electron chi connectivity index (χ0n) is 19.7. The van der Waals surface area contributed by atoms with Gasteiger partial charge in [0.1, 0.15) is 0 Å². The molecule has 184 valence electrons. The molecule has 1 saturated heterocycles. The van der Waals surface area contributed by atoms with Crippen LogP contribution in [-0.4, -0.2) is 36.1 Å². The Kier molecular flexibility index (Phi) is 5.01. The first-order valence-corrected chi connectivity index (χ1v) is 14.2. The first-order valence-electron chi connectivity index (χ1n) is 12.1. The lowest BCUT2D eigenvalue weighted by Crippen LogP contribution is -2.42. The monoisotopic (exact) mass is 537 g/mol. The van der Waals surface area contributed by atoms with E-state index >= 15 is 0 Å². The molecule has 9 heteroatoms. The third-order valence-corrected chi connectivity index (χ3v) is 11.4. The number of hydrogen-bond acceptors (Lipinski definition) is 6. The number of fused-ring (bicyclic) bond motifs is 9. The number of carbonyl (C=O) groups is 2. The number of rotatable bonds is 3. The van der Waals surface area contributed by atoms with E-state index in [4.69, 9.17) is 11.6 Å². The lowest BCUT2D eigenvalue weighted by Gasteiger charge is -2.43. The van der Waals surface area contributed by atoms with Crippen molar-refractivity contribution in [1.82, 2.24) is 4.98 Å². The number of halogens is 1. The van der Waals surface area contributed by atoms with E-state index < -0.39 is 0 Å². The number of thiazole rings is 1. The van der Waals surface area contributed by atoms with E-state index in [-0.39, 0.29) is 57.4 Å². The fourth-order valence-electron chi connectivity index (χ4n) is 7.21. The minimum Gasteiger partial charge on any atom is -0.378 e. The number of H-pyrrole nitrogens is 1. The molecule has 2 aliphatic carbocycles. The number of benzene rings is 2. The van der Waals surface area contributed by atoms with Crippen molar-refractivity contribution in [3.05, 3.63) is 73.7 Å². The summed E-state index contributed by atoms with van der Waals surface area (Å²) < 4.78 is 0. The third kappa shape index (κ3) is 3.07. The molecule has 1 N–H and O–H groups in total. The fourth-order valence-corrected chi connectivity index (χ4v) is 10.2. The Morgan fingerprint density at radius 2 is 1.61 bits per heavy atom. The van der Waals surface area contributed by atoms with E-state index in [1.807, 2.05) is 14.1 Å². The van der Waals surface area contributed by atoms with E-state index in [2.05, 4.69) is 34.1 Å². The van der Waals surface area contributed by atoms with Gasteiger partial charge in [0.15, 0.2) is 0 Å². The van der Waals surface area contributed by atoms with Gasteiger partial charge in [-0.05, 0) is 66.1 Å². The normalized spacial score (nSPS) is 32.0. The van der Waals surface area contributed by atoms with Gasteiger partial charge in [0, 0.05) is 40.9 Å². The number of carbonyl (C=O) groups excluding carboxylic acids is 2. The smallest absolute Gasteiger partial charge is 0.305 e. The second kappa shape index (κ2) is 7.97. The number of hydrogen-bond donors (Lipinski definition) is 1. The van der Waals surface area contributed by atoms with Gasteiger partial charge in [-0.1, -0.05) is 35.1 Å². The number of nitrogens with one attached hydrogen (secondary N) is 1. The molecular formula is C27H24ClN3O3S2. The lowest BCUT2D eigenvalue weighted by molar-refractivity contribution is -0.123. The zero-order chi connectivity index (χ0) is 24.9. The van der Waals surface area contributed by atoms with E-state index in [0.29, 0.717) is 10.7 Å². The van der Waals surface area contributed by atoms with Gasteiger partial charge in [-0.15, -0.1) is 11.8 Å². The highest BCUT2D eigenvalue weighted by Crippen LogP contribution is 2.68. The number of nitrogens with zero attached hydrogens (tertiary/aromatic N) is 2. The molecule has 0 spiro atoms. The SMILES string of the molecule is CN(C)c1ccc([C@H]2c3sc(=O)[nH]c3S[C@@H]3[C@@H]4C[C@H]([C@H]5C(=O)N(c6ccc(Cl)cc6)C(=O)[C@H]45)[C@H]23)cc1. The predicted molar refractivity (Wildman–Crippen MR) is 143 cm³/mol. The summed E-state index contributed by atoms with van der Waals surface area (Å²) in [6.07, 6.45) is 0.884. The molecule has 3 heterocycles. The zero-order valence-corrected chi connectivity index (χ0v) is 22.1. The molecule has 6 nitrogen and oxygen atoms in total. The van der Waals surface area contributed by atoms with Crippen LogP contribution in [0.3, 0.4) is 0 Å². The van der Waals surface area contributed by atoms with Crippen LogP contribution < -0.4 is 14.7 Å². The van der Waals surface area contributed by atoms with Crippen molar-refractivity contribution in [2.75, 3.05) is 23.9 Å². The Morgan fingerprint density at radius 3 is 2.28 bits per heavy atom. The van der Waals surface area contributed by atoms with E-state index in [1.165, 1.54) is 21.8 Å². The lowest BCUT2D eigenvalue weighted by atomic mass is 9.68. The minimum atomic E-state index is -0.305. The van der Waals surface area contributed by atoms with E-state index in [0.717, 1.165) is 22.0 Å². The molecule has 36 heavy (non-hydrogen) atoms. The van der Waals surface area contributed by atoms with Gasteiger partial charge in [0.25, 0.3) is 0 Å². The fraction of sp³-hybridized carbons (Fsp3) is 0.370. The van der Waals surface area contributed by atoms with Crippen molar-refractivity contribution in [1.29, 1.82) is 0 Å². The summed E-state index contributed by atoms with van der Waals surface area (Å²) in [6, 6.07) is 15.5. The Labute approximate surface area is 221 Å². The number of amides is 2. The van der Waals surface area contributed by atoms with Crippen LogP contribution in [0.1, 0.15) is 22.8 Å². The summed E-state index contributed by atoms with van der Waals surface area (Å²) in [4.78, 5) is 47.4. The first kappa shape index (κ1) is 22.6. The number of thioether (sulfide) groups is 1. The Hall–Kier alpha value is -2.55. The molecule has 7 rings (SSSR count). The third-order valence-electron chi connectivity index (χ3n) is 8.58. The molecule has 3 aromatic rings. The Morgan fingerprint density at radius 1 is 0.944 bits per heavy atom. The predicted octanol–water partition coefficient (Wildman–Crippen LogP) is 4.83. The standard InChI is InChI=1S/C27H24ClN3O3S2/c1-30(2)14-7-3-12(4-8-14)18-19-16-11-17(22(19)35-24-23(18)36-27(34)29-24)21-20(16)25(32)31(26(21)33)15-9-5-13(28)6-10-15/h3-10,16-22H,11H2,1-2H3,(H,29,34)/t16-,17+,18+,19+,20+,21+,22+/m0/s1. The number of anilines is 2. The molecule has 4 aliphatic rings. The molecule has 1 aromatic heterocycles. The molecule has 2 bridgehead atoms. The van der Waals surface area contributed by atoms with Crippen LogP contribution in [0.4, 0.5) is 11.4 Å². The second-order valence-corrected chi connectivity index (χ2v) is 13.1. The summed E-state index contributed by atoms with van der Waals surface area (Å²) in [5.41, 5.74) is 2.88. The highest BCUT2D eigenvalue weighted by molar-refractivity contribution is 8.00. The van der Waals surface area contributed by atoms with Gasteiger partial charge < -0.3 is 9.88 Å². The van der Waals surface area contributed by atoms with Crippen LogP contribution in [0.5, 0.6) is 0 Å². The van der Waals surface area contributed by atoms with Crippen LogP contribution >= 0.6 is 34.7 Å². The maximum absolute atomic E-state index is 13.8. The van der Waals surface area contributed by atoms with Crippen LogP contribution in [0.15, 0.2) is 58.4 Å². The van der Waals surface area contributed by atoms with Gasteiger partial charge in [0.05, 0.1) is 22.5 Å². The summed E-state index contributed by atoms with van der Waals surface area (Å²) in [5, 5.41) is 1.70. The first-order chi connectivity index (χ1) is 17.3. The van der Waals surface area contributed by atoms with Crippen molar-refractivity contribution in [3.63, 3.8) is 0 Å².